The van der Waals surface area contributed by atoms with E-state index in [2.05, 4.69) is 81.4 Å². The molecule has 0 bridgehead atoms. The summed E-state index contributed by atoms with van der Waals surface area (Å²) in [4.78, 5) is 0. The molecule has 18 heavy (non-hydrogen) atoms. The maximum absolute atomic E-state index is 2.27. The van der Waals surface area contributed by atoms with Gasteiger partial charge in [0.15, 0.2) is 0 Å². The zero-order valence-corrected chi connectivity index (χ0v) is 11.4. The molecular weight excluding hydrogens is 216 g/mol. The number of benzene rings is 2. The highest BCUT2D eigenvalue weighted by molar-refractivity contribution is 5.38. The summed E-state index contributed by atoms with van der Waals surface area (Å²) in [5.74, 6) is 2.52. The van der Waals surface area contributed by atoms with Gasteiger partial charge >= 0.3 is 0 Å². The molecule has 0 heteroatoms. The molecule has 0 amide bonds. The lowest BCUT2D eigenvalue weighted by molar-refractivity contribution is 0.593. The van der Waals surface area contributed by atoms with Gasteiger partial charge in [-0.2, -0.15) is 0 Å². The highest BCUT2D eigenvalue weighted by Crippen LogP contribution is 2.37. The average Bonchev–Trinajstić information content (AvgIpc) is 2.41. The Bertz CT molecular complexity index is 416. The zero-order chi connectivity index (χ0) is 13.0. The fourth-order valence-corrected chi connectivity index (χ4v) is 2.34. The van der Waals surface area contributed by atoms with Gasteiger partial charge in [0.2, 0.25) is 0 Å². The Kier molecular flexibility index (Phi) is 4.19. The Balaban J connectivity index is 2.42. The summed E-state index contributed by atoms with van der Waals surface area (Å²) < 4.78 is 0. The molecule has 0 spiro atoms. The van der Waals surface area contributed by atoms with E-state index in [9.17, 15) is 0 Å². The summed E-state index contributed by atoms with van der Waals surface area (Å²) in [6, 6.07) is 21.6. The van der Waals surface area contributed by atoms with Crippen LogP contribution in [-0.2, 0) is 0 Å². The van der Waals surface area contributed by atoms with E-state index in [0.29, 0.717) is 11.8 Å². The first-order chi connectivity index (χ1) is 8.70. The van der Waals surface area contributed by atoms with Crippen molar-refractivity contribution in [3.8, 4) is 0 Å². The first-order valence-corrected chi connectivity index (χ1v) is 6.63. The Morgan fingerprint density at radius 3 is 1.44 bits per heavy atom. The smallest absolute Gasteiger partial charge is 0.0151 e. The van der Waals surface area contributed by atoms with Crippen LogP contribution in [0.15, 0.2) is 60.7 Å². The second-order valence-corrected chi connectivity index (χ2v) is 5.15. The van der Waals surface area contributed by atoms with E-state index in [1.54, 1.807) is 0 Å². The second kappa shape index (κ2) is 5.86. The maximum atomic E-state index is 2.27. The molecule has 93 valence electrons. The van der Waals surface area contributed by atoms with Crippen LogP contribution in [0.1, 0.15) is 37.8 Å². The topological polar surface area (TPSA) is 0 Å². The molecule has 0 aliphatic carbocycles. The van der Waals surface area contributed by atoms with Gasteiger partial charge in [-0.25, -0.2) is 0 Å². The van der Waals surface area contributed by atoms with Crippen molar-refractivity contribution in [1.29, 1.82) is 0 Å². The van der Waals surface area contributed by atoms with E-state index >= 15 is 0 Å². The van der Waals surface area contributed by atoms with E-state index in [1.165, 1.54) is 17.0 Å². The van der Waals surface area contributed by atoms with Gasteiger partial charge < -0.3 is 0 Å². The lowest BCUT2D eigenvalue weighted by Crippen LogP contribution is -2.14. The van der Waals surface area contributed by atoms with E-state index in [4.69, 9.17) is 0 Å². The van der Waals surface area contributed by atoms with Gasteiger partial charge in [0.25, 0.3) is 0 Å². The average molecular weight is 237 g/mol. The Hall–Kier alpha value is -1.56. The fourth-order valence-electron chi connectivity index (χ4n) is 2.34. The number of hydrogen-bond acceptors (Lipinski definition) is 0. The van der Waals surface area contributed by atoms with Crippen molar-refractivity contribution in [1.82, 2.24) is 0 Å². The predicted octanol–water partition coefficient (Wildman–Crippen LogP) is 5.07. The first-order valence-electron chi connectivity index (χ1n) is 6.63. The first kappa shape index (κ1) is 12.9. The molecule has 0 saturated heterocycles. The van der Waals surface area contributed by atoms with Gasteiger partial charge in [-0.05, 0) is 23.0 Å². The highest BCUT2D eigenvalue weighted by Gasteiger charge is 2.23. The molecular formula is C18H21. The molecule has 0 aliphatic heterocycles. The summed E-state index contributed by atoms with van der Waals surface area (Å²) in [5, 5.41) is 0. The molecule has 0 unspecified atom stereocenters. The van der Waals surface area contributed by atoms with Crippen molar-refractivity contribution in [3.05, 3.63) is 77.7 Å². The highest BCUT2D eigenvalue weighted by atomic mass is 14.3. The lowest BCUT2D eigenvalue weighted by atomic mass is 9.76. The minimum atomic E-state index is 0.410. The number of hydrogen-bond donors (Lipinski definition) is 0. The van der Waals surface area contributed by atoms with Crippen LogP contribution in [-0.4, -0.2) is 0 Å². The summed E-state index contributed by atoms with van der Waals surface area (Å²) in [5.41, 5.74) is 2.77. The van der Waals surface area contributed by atoms with Crippen molar-refractivity contribution >= 4 is 0 Å². The Labute approximate surface area is 111 Å². The van der Waals surface area contributed by atoms with Crippen LogP contribution >= 0.6 is 0 Å². The monoisotopic (exact) mass is 237 g/mol. The van der Waals surface area contributed by atoms with Gasteiger partial charge in [-0.1, -0.05) is 81.4 Å². The Morgan fingerprint density at radius 2 is 1.11 bits per heavy atom. The van der Waals surface area contributed by atoms with Crippen LogP contribution in [0.25, 0.3) is 0 Å². The van der Waals surface area contributed by atoms with E-state index in [1.807, 2.05) is 0 Å². The molecule has 0 N–H and O–H groups in total. The van der Waals surface area contributed by atoms with Gasteiger partial charge in [-0.3, -0.25) is 0 Å². The standard InChI is InChI=1S/C18H21/c1-14(2)15(3)18(16-10-6-4-7-11-16)17-12-8-5-9-13-17/h4-14,18H,1-3H3. The van der Waals surface area contributed by atoms with E-state index in [-0.39, 0.29) is 0 Å². The van der Waals surface area contributed by atoms with Crippen molar-refractivity contribution < 1.29 is 0 Å². The second-order valence-electron chi connectivity index (χ2n) is 5.15. The minimum absolute atomic E-state index is 0.410. The molecule has 2 aromatic rings. The summed E-state index contributed by atoms with van der Waals surface area (Å²) >= 11 is 0. The van der Waals surface area contributed by atoms with Crippen molar-refractivity contribution in [3.63, 3.8) is 0 Å². The van der Waals surface area contributed by atoms with Crippen LogP contribution in [0.4, 0.5) is 0 Å². The quantitative estimate of drug-likeness (QED) is 0.696. The number of rotatable bonds is 4. The summed E-state index contributed by atoms with van der Waals surface area (Å²) in [7, 11) is 0. The van der Waals surface area contributed by atoms with Crippen LogP contribution in [0, 0.1) is 11.8 Å². The molecule has 0 saturated carbocycles. The van der Waals surface area contributed by atoms with Crippen LogP contribution < -0.4 is 0 Å². The van der Waals surface area contributed by atoms with Crippen molar-refractivity contribution in [2.75, 3.05) is 0 Å². The third-order valence-electron chi connectivity index (χ3n) is 3.63. The molecule has 1 radical (unpaired) electrons. The van der Waals surface area contributed by atoms with Gasteiger partial charge in [-0.15, -0.1) is 0 Å². The molecule has 0 aromatic heterocycles. The molecule has 2 aromatic carbocycles. The molecule has 0 fully saturated rings. The SMILES string of the molecule is C[C](C(C)C)C(c1ccccc1)c1ccccc1. The minimum Gasteiger partial charge on any atom is -0.0622 e. The third kappa shape index (κ3) is 2.81. The molecule has 0 aliphatic rings. The molecule has 2 rings (SSSR count). The normalized spacial score (nSPS) is 11.4. The zero-order valence-electron chi connectivity index (χ0n) is 11.4. The maximum Gasteiger partial charge on any atom is 0.0151 e. The van der Waals surface area contributed by atoms with Crippen LogP contribution in [0.5, 0.6) is 0 Å². The predicted molar refractivity (Wildman–Crippen MR) is 78.5 cm³/mol. The van der Waals surface area contributed by atoms with Crippen molar-refractivity contribution in [2.45, 2.75) is 26.7 Å². The Morgan fingerprint density at radius 1 is 0.722 bits per heavy atom. The van der Waals surface area contributed by atoms with Crippen molar-refractivity contribution in [2.24, 2.45) is 5.92 Å². The lowest BCUT2D eigenvalue weighted by Gasteiger charge is -2.27. The van der Waals surface area contributed by atoms with Crippen LogP contribution in [0.2, 0.25) is 0 Å². The summed E-state index contributed by atoms with van der Waals surface area (Å²) in [6.45, 7) is 6.82. The van der Waals surface area contributed by atoms with Gasteiger partial charge in [0, 0.05) is 5.92 Å². The fraction of sp³-hybridized carbons (Fsp3) is 0.278. The van der Waals surface area contributed by atoms with Crippen LogP contribution in [0.3, 0.4) is 0 Å². The molecule has 0 atom stereocenters. The largest absolute Gasteiger partial charge is 0.0622 e. The summed E-state index contributed by atoms with van der Waals surface area (Å²) in [6.07, 6.45) is 0. The van der Waals surface area contributed by atoms with E-state index in [0.717, 1.165) is 0 Å². The third-order valence-corrected chi connectivity index (χ3v) is 3.63. The van der Waals surface area contributed by atoms with Gasteiger partial charge in [0.05, 0.1) is 0 Å². The van der Waals surface area contributed by atoms with E-state index < -0.39 is 0 Å². The van der Waals surface area contributed by atoms with Gasteiger partial charge in [0.1, 0.15) is 0 Å². The molecule has 0 heterocycles. The molecule has 0 nitrogen and oxygen atoms in total.